The summed E-state index contributed by atoms with van der Waals surface area (Å²) in [5, 5.41) is 5.17. The smallest absolute Gasteiger partial charge is 0.344 e. The fourth-order valence-electron chi connectivity index (χ4n) is 2.12. The van der Waals surface area contributed by atoms with Crippen molar-refractivity contribution in [2.45, 2.75) is 19.3 Å². The van der Waals surface area contributed by atoms with Crippen LogP contribution in [0, 0.1) is 0 Å². The van der Waals surface area contributed by atoms with Crippen molar-refractivity contribution >= 4 is 29.4 Å². The van der Waals surface area contributed by atoms with E-state index in [0.29, 0.717) is 0 Å². The van der Waals surface area contributed by atoms with E-state index >= 15 is 0 Å². The van der Waals surface area contributed by atoms with Crippen LogP contribution in [-0.4, -0.2) is 36.7 Å². The Morgan fingerprint density at radius 2 is 1.88 bits per heavy atom. The summed E-state index contributed by atoms with van der Waals surface area (Å²) in [6.45, 7) is 3.90. The Kier molecular flexibility index (Phi) is 6.35. The SMILES string of the molecule is COC(=O)/C=C(\SC1NC(C)=C(C)N1Nc1ccccc1)C(=O)OC. The molecule has 25 heavy (non-hydrogen) atoms. The van der Waals surface area contributed by atoms with Crippen LogP contribution >= 0.6 is 11.8 Å². The second-order valence-corrected chi connectivity index (χ2v) is 6.32. The molecule has 0 fully saturated rings. The molecule has 0 spiro atoms. The Balaban J connectivity index is 2.21. The van der Waals surface area contributed by atoms with Gasteiger partial charge < -0.3 is 14.8 Å². The lowest BCUT2D eigenvalue weighted by Gasteiger charge is -2.29. The monoisotopic (exact) mass is 363 g/mol. The van der Waals surface area contributed by atoms with Crippen molar-refractivity contribution < 1.29 is 19.1 Å². The van der Waals surface area contributed by atoms with E-state index in [2.05, 4.69) is 15.5 Å². The molecule has 1 aromatic carbocycles. The van der Waals surface area contributed by atoms with Gasteiger partial charge in [-0.1, -0.05) is 30.0 Å². The lowest BCUT2D eigenvalue weighted by atomic mass is 10.3. The van der Waals surface area contributed by atoms with Crippen LogP contribution in [0.5, 0.6) is 0 Å². The van der Waals surface area contributed by atoms with Gasteiger partial charge in [-0.3, -0.25) is 10.4 Å². The van der Waals surface area contributed by atoms with Gasteiger partial charge in [0.15, 0.2) is 5.50 Å². The lowest BCUT2D eigenvalue weighted by molar-refractivity contribution is -0.137. The summed E-state index contributed by atoms with van der Waals surface area (Å²) in [5.41, 5.74) is 5.80. The number of hydrazine groups is 1. The van der Waals surface area contributed by atoms with Crippen LogP contribution in [0.25, 0.3) is 0 Å². The number of benzene rings is 1. The molecule has 0 saturated heterocycles. The number of esters is 2. The van der Waals surface area contributed by atoms with Crippen molar-refractivity contribution in [2.75, 3.05) is 19.6 Å². The van der Waals surface area contributed by atoms with E-state index in [1.165, 1.54) is 14.2 Å². The number of thioether (sulfide) groups is 1. The average Bonchev–Trinajstić information content (AvgIpc) is 2.88. The summed E-state index contributed by atoms with van der Waals surface area (Å²) < 4.78 is 9.37. The van der Waals surface area contributed by atoms with Gasteiger partial charge in [0.2, 0.25) is 0 Å². The highest BCUT2D eigenvalue weighted by Crippen LogP contribution is 2.32. The van der Waals surface area contributed by atoms with Crippen molar-refractivity contribution in [2.24, 2.45) is 0 Å². The molecule has 1 heterocycles. The van der Waals surface area contributed by atoms with Crippen LogP contribution in [0.15, 0.2) is 52.7 Å². The van der Waals surface area contributed by atoms with E-state index in [9.17, 15) is 9.59 Å². The molecule has 1 atom stereocenters. The molecular formula is C17H21N3O4S. The first-order valence-electron chi connectivity index (χ1n) is 7.55. The van der Waals surface area contributed by atoms with E-state index in [-0.39, 0.29) is 10.4 Å². The summed E-state index contributed by atoms with van der Waals surface area (Å²) >= 11 is 1.16. The van der Waals surface area contributed by atoms with Gasteiger partial charge in [0, 0.05) is 11.8 Å². The number of allylic oxidation sites excluding steroid dienone is 2. The molecule has 1 aliphatic heterocycles. The zero-order valence-corrected chi connectivity index (χ0v) is 15.3. The lowest BCUT2D eigenvalue weighted by Crippen LogP contribution is -2.38. The van der Waals surface area contributed by atoms with Crippen LogP contribution < -0.4 is 10.7 Å². The standard InChI is InChI=1S/C17H21N3O4S/c1-11-12(2)20(19-13-8-6-5-7-9-13)17(18-11)25-14(16(22)24-4)10-15(21)23-3/h5-10,17-19H,1-4H3/b14-10-. The van der Waals surface area contributed by atoms with Gasteiger partial charge in [0.25, 0.3) is 0 Å². The topological polar surface area (TPSA) is 79.9 Å². The Morgan fingerprint density at radius 1 is 1.20 bits per heavy atom. The minimum Gasteiger partial charge on any atom is -0.466 e. The number of para-hydroxylation sites is 1. The van der Waals surface area contributed by atoms with E-state index in [4.69, 9.17) is 4.74 Å². The third kappa shape index (κ3) is 4.69. The number of carbonyl (C=O) groups is 2. The van der Waals surface area contributed by atoms with Crippen molar-refractivity contribution in [3.63, 3.8) is 0 Å². The third-order valence-corrected chi connectivity index (χ3v) is 4.67. The molecule has 1 aromatic rings. The van der Waals surface area contributed by atoms with Gasteiger partial charge in [0.05, 0.1) is 25.6 Å². The highest BCUT2D eigenvalue weighted by atomic mass is 32.2. The molecule has 7 nitrogen and oxygen atoms in total. The van der Waals surface area contributed by atoms with Crippen LogP contribution in [0.3, 0.4) is 0 Å². The number of methoxy groups -OCH3 is 2. The fraction of sp³-hybridized carbons (Fsp3) is 0.294. The highest BCUT2D eigenvalue weighted by molar-refractivity contribution is 8.04. The van der Waals surface area contributed by atoms with E-state index in [1.807, 2.05) is 49.2 Å². The average molecular weight is 363 g/mol. The second-order valence-electron chi connectivity index (χ2n) is 5.20. The molecule has 1 aliphatic rings. The third-order valence-electron chi connectivity index (χ3n) is 3.58. The van der Waals surface area contributed by atoms with Gasteiger partial charge in [-0.15, -0.1) is 0 Å². The van der Waals surface area contributed by atoms with Gasteiger partial charge >= 0.3 is 11.9 Å². The number of nitrogens with one attached hydrogen (secondary N) is 2. The first-order chi connectivity index (χ1) is 12.0. The van der Waals surface area contributed by atoms with Gasteiger partial charge in [-0.05, 0) is 26.0 Å². The molecule has 134 valence electrons. The number of carbonyl (C=O) groups excluding carboxylic acids is 2. The Bertz CT molecular complexity index is 703. The van der Waals surface area contributed by atoms with Crippen LogP contribution in [0.4, 0.5) is 5.69 Å². The minimum atomic E-state index is -0.616. The van der Waals surface area contributed by atoms with Crippen LogP contribution in [-0.2, 0) is 19.1 Å². The Hall–Kier alpha value is -2.61. The largest absolute Gasteiger partial charge is 0.466 e. The Morgan fingerprint density at radius 3 is 2.48 bits per heavy atom. The predicted molar refractivity (Wildman–Crippen MR) is 96.9 cm³/mol. The summed E-state index contributed by atoms with van der Waals surface area (Å²) in [6, 6.07) is 9.66. The summed E-state index contributed by atoms with van der Waals surface area (Å²) in [5.74, 6) is -1.21. The van der Waals surface area contributed by atoms with Crippen LogP contribution in [0.1, 0.15) is 13.8 Å². The highest BCUT2D eigenvalue weighted by Gasteiger charge is 2.30. The summed E-state index contributed by atoms with van der Waals surface area (Å²) in [7, 11) is 2.52. The minimum absolute atomic E-state index is 0.147. The van der Waals surface area contributed by atoms with E-state index in [0.717, 1.165) is 34.9 Å². The number of anilines is 1. The van der Waals surface area contributed by atoms with Crippen molar-refractivity contribution in [3.8, 4) is 0 Å². The summed E-state index contributed by atoms with van der Waals surface area (Å²) in [6.07, 6.45) is 1.13. The molecule has 2 N–H and O–H groups in total. The Labute approximate surface area is 151 Å². The molecule has 0 radical (unpaired) electrons. The van der Waals surface area contributed by atoms with Crippen LogP contribution in [0.2, 0.25) is 0 Å². The molecule has 0 amide bonds. The maximum absolute atomic E-state index is 12.0. The normalized spacial score (nSPS) is 17.2. The summed E-state index contributed by atoms with van der Waals surface area (Å²) in [4.78, 5) is 23.7. The van der Waals surface area contributed by atoms with Gasteiger partial charge in [-0.25, -0.2) is 9.59 Å². The maximum Gasteiger partial charge on any atom is 0.344 e. The molecule has 8 heteroatoms. The van der Waals surface area contributed by atoms with E-state index in [1.54, 1.807) is 0 Å². The van der Waals surface area contributed by atoms with Gasteiger partial charge in [-0.2, -0.15) is 0 Å². The molecule has 2 rings (SSSR count). The number of hydrogen-bond donors (Lipinski definition) is 2. The van der Waals surface area contributed by atoms with Crippen molar-refractivity contribution in [3.05, 3.63) is 52.7 Å². The quantitative estimate of drug-likeness (QED) is 0.589. The molecular weight excluding hydrogens is 342 g/mol. The molecule has 1 unspecified atom stereocenters. The fourth-order valence-corrected chi connectivity index (χ4v) is 3.25. The van der Waals surface area contributed by atoms with Gasteiger partial charge in [0.1, 0.15) is 4.91 Å². The number of ether oxygens (including phenoxy) is 2. The number of rotatable bonds is 6. The number of hydrogen-bond acceptors (Lipinski definition) is 8. The molecule has 0 aliphatic carbocycles. The van der Waals surface area contributed by atoms with E-state index < -0.39 is 11.9 Å². The first kappa shape index (κ1) is 18.7. The molecule has 0 saturated carbocycles. The van der Waals surface area contributed by atoms with Crippen molar-refractivity contribution in [1.29, 1.82) is 0 Å². The zero-order valence-electron chi connectivity index (χ0n) is 14.5. The maximum atomic E-state index is 12.0. The first-order valence-corrected chi connectivity index (χ1v) is 8.43. The number of nitrogens with zero attached hydrogens (tertiary/aromatic N) is 1. The predicted octanol–water partition coefficient (Wildman–Crippen LogP) is 2.42. The molecule has 0 aromatic heterocycles. The zero-order chi connectivity index (χ0) is 18.4. The second kappa shape index (κ2) is 8.48. The molecule has 0 bridgehead atoms. The van der Waals surface area contributed by atoms with Crippen molar-refractivity contribution in [1.82, 2.24) is 10.3 Å².